The van der Waals surface area contributed by atoms with E-state index in [1.807, 2.05) is 29.2 Å². The molecule has 1 N–H and O–H groups in total. The van der Waals surface area contributed by atoms with E-state index in [0.717, 1.165) is 18.8 Å². The van der Waals surface area contributed by atoms with Gasteiger partial charge in [0.15, 0.2) is 5.78 Å². The summed E-state index contributed by atoms with van der Waals surface area (Å²) >= 11 is 5.82. The van der Waals surface area contributed by atoms with Crippen molar-refractivity contribution in [3.05, 3.63) is 64.7 Å². The van der Waals surface area contributed by atoms with Crippen molar-refractivity contribution in [2.45, 2.75) is 13.3 Å². The monoisotopic (exact) mass is 413 g/mol. The molecule has 1 fully saturated rings. The number of amides is 2. The maximum atomic E-state index is 12.4. The van der Waals surface area contributed by atoms with E-state index in [0.29, 0.717) is 35.8 Å². The number of carbonyl (C=O) groups is 3. The lowest BCUT2D eigenvalue weighted by atomic mass is 10.1. The van der Waals surface area contributed by atoms with Gasteiger partial charge >= 0.3 is 0 Å². The Morgan fingerprint density at radius 3 is 2.07 bits per heavy atom. The summed E-state index contributed by atoms with van der Waals surface area (Å²) in [7, 11) is 0. The van der Waals surface area contributed by atoms with Gasteiger partial charge in [0.2, 0.25) is 5.91 Å². The van der Waals surface area contributed by atoms with E-state index in [-0.39, 0.29) is 24.0 Å². The van der Waals surface area contributed by atoms with Gasteiger partial charge in [0.1, 0.15) is 0 Å². The third kappa shape index (κ3) is 5.57. The zero-order valence-electron chi connectivity index (χ0n) is 16.4. The third-order valence-corrected chi connectivity index (χ3v) is 5.25. The normalized spacial score (nSPS) is 13.9. The summed E-state index contributed by atoms with van der Waals surface area (Å²) in [4.78, 5) is 39.9. The molecule has 152 valence electrons. The third-order valence-electron chi connectivity index (χ3n) is 5.00. The number of nitrogens with zero attached hydrogens (tertiary/aromatic N) is 2. The first-order chi connectivity index (χ1) is 13.9. The Balaban J connectivity index is 1.42. The van der Waals surface area contributed by atoms with Gasteiger partial charge in [-0.15, -0.1) is 0 Å². The number of carbonyl (C=O) groups excluding carboxylic acids is 3. The van der Waals surface area contributed by atoms with Crippen LogP contribution in [0.3, 0.4) is 0 Å². The molecule has 0 unspecified atom stereocenters. The van der Waals surface area contributed by atoms with Crippen molar-refractivity contribution in [2.24, 2.45) is 0 Å². The fourth-order valence-electron chi connectivity index (χ4n) is 3.27. The highest BCUT2D eigenvalue weighted by Gasteiger charge is 2.21. The fraction of sp³-hybridized carbons (Fsp3) is 0.318. The Hall–Kier alpha value is -2.86. The van der Waals surface area contributed by atoms with E-state index < -0.39 is 0 Å². The number of hydrogen-bond acceptors (Lipinski definition) is 4. The molecule has 29 heavy (non-hydrogen) atoms. The fourth-order valence-corrected chi connectivity index (χ4v) is 3.39. The number of Topliss-reactive ketones (excluding diaryl/α,β-unsaturated/α-hetero) is 1. The Bertz CT molecular complexity index is 873. The van der Waals surface area contributed by atoms with Crippen molar-refractivity contribution >= 4 is 34.9 Å². The molecule has 0 radical (unpaired) electrons. The molecule has 3 rings (SSSR count). The molecular formula is C22H24ClN3O3. The van der Waals surface area contributed by atoms with Crippen LogP contribution in [0.15, 0.2) is 48.5 Å². The Morgan fingerprint density at radius 1 is 0.897 bits per heavy atom. The van der Waals surface area contributed by atoms with Gasteiger partial charge in [0.05, 0.1) is 0 Å². The van der Waals surface area contributed by atoms with Crippen LogP contribution in [0.5, 0.6) is 0 Å². The quantitative estimate of drug-likeness (QED) is 0.739. The van der Waals surface area contributed by atoms with Gasteiger partial charge in [-0.3, -0.25) is 14.4 Å². The molecule has 2 amide bonds. The average molecular weight is 414 g/mol. The average Bonchev–Trinajstić information content (AvgIpc) is 2.74. The molecule has 0 atom stereocenters. The first-order valence-corrected chi connectivity index (χ1v) is 9.99. The lowest BCUT2D eigenvalue weighted by Gasteiger charge is -2.36. The van der Waals surface area contributed by atoms with Crippen LogP contribution in [0.2, 0.25) is 5.02 Å². The summed E-state index contributed by atoms with van der Waals surface area (Å²) in [5, 5.41) is 3.34. The van der Waals surface area contributed by atoms with Crippen LogP contribution in [0.25, 0.3) is 0 Å². The summed E-state index contributed by atoms with van der Waals surface area (Å²) in [5.41, 5.74) is 2.27. The standard InChI is InChI=1S/C22H24ClN3O3/c1-16(27)17-4-8-20(9-5-17)25-12-14-26(15-13-25)21(28)10-11-24-22(29)18-2-6-19(23)7-3-18/h2-9H,10-15H2,1H3,(H,24,29). The zero-order valence-corrected chi connectivity index (χ0v) is 17.1. The van der Waals surface area contributed by atoms with Gasteiger partial charge in [0.25, 0.3) is 5.91 Å². The number of benzene rings is 2. The number of rotatable bonds is 6. The predicted octanol–water partition coefficient (Wildman–Crippen LogP) is 3.01. The van der Waals surface area contributed by atoms with E-state index in [1.54, 1.807) is 31.2 Å². The summed E-state index contributed by atoms with van der Waals surface area (Å²) < 4.78 is 0. The SMILES string of the molecule is CC(=O)c1ccc(N2CCN(C(=O)CCNC(=O)c3ccc(Cl)cc3)CC2)cc1. The molecular weight excluding hydrogens is 390 g/mol. The van der Waals surface area contributed by atoms with Gasteiger partial charge in [-0.1, -0.05) is 11.6 Å². The van der Waals surface area contributed by atoms with Crippen molar-refractivity contribution in [2.75, 3.05) is 37.6 Å². The molecule has 1 aliphatic rings. The van der Waals surface area contributed by atoms with Crippen molar-refractivity contribution in [3.8, 4) is 0 Å². The number of piperazine rings is 1. The minimum absolute atomic E-state index is 0.0352. The molecule has 2 aromatic rings. The highest BCUT2D eigenvalue weighted by molar-refractivity contribution is 6.30. The number of hydrogen-bond donors (Lipinski definition) is 1. The second-order valence-corrected chi connectivity index (χ2v) is 7.42. The Morgan fingerprint density at radius 2 is 1.48 bits per heavy atom. The van der Waals surface area contributed by atoms with E-state index in [4.69, 9.17) is 11.6 Å². The van der Waals surface area contributed by atoms with Crippen molar-refractivity contribution < 1.29 is 14.4 Å². The first-order valence-electron chi connectivity index (χ1n) is 9.61. The van der Waals surface area contributed by atoms with Crippen LogP contribution in [-0.2, 0) is 4.79 Å². The second kappa shape index (κ2) is 9.56. The second-order valence-electron chi connectivity index (χ2n) is 6.98. The number of halogens is 1. The van der Waals surface area contributed by atoms with Crippen LogP contribution < -0.4 is 10.2 Å². The maximum Gasteiger partial charge on any atom is 0.251 e. The van der Waals surface area contributed by atoms with E-state index in [1.165, 1.54) is 0 Å². The lowest BCUT2D eigenvalue weighted by Crippen LogP contribution is -2.49. The lowest BCUT2D eigenvalue weighted by molar-refractivity contribution is -0.131. The largest absolute Gasteiger partial charge is 0.368 e. The molecule has 1 aliphatic heterocycles. The molecule has 0 bridgehead atoms. The number of anilines is 1. The molecule has 0 aliphatic carbocycles. The highest BCUT2D eigenvalue weighted by atomic mass is 35.5. The minimum Gasteiger partial charge on any atom is -0.368 e. The van der Waals surface area contributed by atoms with Gasteiger partial charge in [-0.25, -0.2) is 0 Å². The molecule has 2 aromatic carbocycles. The summed E-state index contributed by atoms with van der Waals surface area (Å²) in [6.45, 7) is 4.60. The molecule has 1 saturated heterocycles. The van der Waals surface area contributed by atoms with Gasteiger partial charge in [0, 0.05) is 61.0 Å². The van der Waals surface area contributed by atoms with Crippen LogP contribution in [-0.4, -0.2) is 55.2 Å². The van der Waals surface area contributed by atoms with E-state index in [2.05, 4.69) is 10.2 Å². The van der Waals surface area contributed by atoms with Gasteiger partial charge < -0.3 is 15.1 Å². The molecule has 1 heterocycles. The molecule has 0 saturated carbocycles. The van der Waals surface area contributed by atoms with Crippen molar-refractivity contribution in [3.63, 3.8) is 0 Å². The summed E-state index contributed by atoms with van der Waals surface area (Å²) in [6, 6.07) is 14.2. The zero-order chi connectivity index (χ0) is 20.8. The Kier molecular flexibility index (Phi) is 6.88. The van der Waals surface area contributed by atoms with E-state index >= 15 is 0 Å². The first kappa shape index (κ1) is 20.9. The van der Waals surface area contributed by atoms with Crippen LogP contribution in [0.4, 0.5) is 5.69 Å². The van der Waals surface area contributed by atoms with E-state index in [9.17, 15) is 14.4 Å². The van der Waals surface area contributed by atoms with Crippen LogP contribution >= 0.6 is 11.6 Å². The highest BCUT2D eigenvalue weighted by Crippen LogP contribution is 2.18. The Labute approximate surface area is 175 Å². The molecule has 6 nitrogen and oxygen atoms in total. The smallest absolute Gasteiger partial charge is 0.251 e. The number of nitrogens with one attached hydrogen (secondary N) is 1. The summed E-state index contributed by atoms with van der Waals surface area (Å²) in [5.74, 6) is -0.128. The van der Waals surface area contributed by atoms with Crippen molar-refractivity contribution in [1.82, 2.24) is 10.2 Å². The van der Waals surface area contributed by atoms with Gasteiger partial charge in [-0.2, -0.15) is 0 Å². The summed E-state index contributed by atoms with van der Waals surface area (Å²) in [6.07, 6.45) is 0.270. The van der Waals surface area contributed by atoms with Crippen LogP contribution in [0, 0.1) is 0 Å². The minimum atomic E-state index is -0.215. The molecule has 0 spiro atoms. The molecule has 0 aromatic heterocycles. The maximum absolute atomic E-state index is 12.4. The predicted molar refractivity (Wildman–Crippen MR) is 114 cm³/mol. The number of ketones is 1. The molecule has 7 heteroatoms. The van der Waals surface area contributed by atoms with Gasteiger partial charge in [-0.05, 0) is 55.5 Å². The topological polar surface area (TPSA) is 69.7 Å². The van der Waals surface area contributed by atoms with Crippen LogP contribution in [0.1, 0.15) is 34.1 Å². The van der Waals surface area contributed by atoms with Crippen molar-refractivity contribution in [1.29, 1.82) is 0 Å².